The number of H-pyrrole nitrogens is 1. The molecule has 25 heavy (non-hydrogen) atoms. The van der Waals surface area contributed by atoms with Gasteiger partial charge in [-0.2, -0.15) is 0 Å². The topological polar surface area (TPSA) is 56.3 Å². The van der Waals surface area contributed by atoms with Gasteiger partial charge in [0.05, 0.1) is 5.69 Å². The van der Waals surface area contributed by atoms with Crippen LogP contribution in [0.2, 0.25) is 0 Å². The Morgan fingerprint density at radius 3 is 2.80 bits per heavy atom. The smallest absolute Gasteiger partial charge is 0.268 e. The standard InChI is InChI=1S/C20H19BrN2O2/c1-2-3-10-23-18-9-8-13(21)11-15(18)20(25,19(23)24)16-12-22-17-7-5-4-6-14(16)17/h4-9,11-12,22,25H,2-3,10H2,1H3/t20-/m0/s1. The maximum absolute atomic E-state index is 13.3. The van der Waals surface area contributed by atoms with E-state index in [-0.39, 0.29) is 5.91 Å². The first-order valence-electron chi connectivity index (χ1n) is 8.48. The Morgan fingerprint density at radius 2 is 2.00 bits per heavy atom. The van der Waals surface area contributed by atoms with Crippen molar-refractivity contribution in [1.82, 2.24) is 4.98 Å². The Hall–Kier alpha value is -2.11. The Morgan fingerprint density at radius 1 is 1.20 bits per heavy atom. The van der Waals surface area contributed by atoms with Gasteiger partial charge in [0.25, 0.3) is 5.91 Å². The first-order chi connectivity index (χ1) is 12.1. The van der Waals surface area contributed by atoms with Gasteiger partial charge in [-0.25, -0.2) is 0 Å². The normalized spacial score (nSPS) is 19.6. The number of aromatic amines is 1. The van der Waals surface area contributed by atoms with Crippen molar-refractivity contribution in [1.29, 1.82) is 0 Å². The first kappa shape index (κ1) is 16.4. The summed E-state index contributed by atoms with van der Waals surface area (Å²) in [6.45, 7) is 2.70. The summed E-state index contributed by atoms with van der Waals surface area (Å²) >= 11 is 3.47. The Labute approximate surface area is 154 Å². The molecule has 5 heteroatoms. The van der Waals surface area contributed by atoms with E-state index in [0.717, 1.165) is 33.9 Å². The third-order valence-corrected chi connectivity index (χ3v) is 5.40. The summed E-state index contributed by atoms with van der Waals surface area (Å²) < 4.78 is 0.842. The number of carbonyl (C=O) groups is 1. The van der Waals surface area contributed by atoms with Gasteiger partial charge < -0.3 is 15.0 Å². The molecule has 1 atom stereocenters. The quantitative estimate of drug-likeness (QED) is 0.687. The summed E-state index contributed by atoms with van der Waals surface area (Å²) in [7, 11) is 0. The van der Waals surface area contributed by atoms with E-state index in [2.05, 4.69) is 27.8 Å². The predicted molar refractivity (Wildman–Crippen MR) is 103 cm³/mol. The molecule has 3 aromatic rings. The van der Waals surface area contributed by atoms with Crippen molar-refractivity contribution in [2.24, 2.45) is 0 Å². The van der Waals surface area contributed by atoms with Crippen LogP contribution in [0.1, 0.15) is 30.9 Å². The summed E-state index contributed by atoms with van der Waals surface area (Å²) in [4.78, 5) is 18.2. The number of nitrogens with zero attached hydrogens (tertiary/aromatic N) is 1. The van der Waals surface area contributed by atoms with Crippen LogP contribution in [0.4, 0.5) is 5.69 Å². The number of carbonyl (C=O) groups excluding carboxylic acids is 1. The minimum absolute atomic E-state index is 0.279. The van der Waals surface area contributed by atoms with Crippen LogP contribution in [-0.2, 0) is 10.4 Å². The molecule has 4 nitrogen and oxygen atoms in total. The average Bonchev–Trinajstić information content (AvgIpc) is 3.14. The van der Waals surface area contributed by atoms with Crippen LogP contribution in [0.3, 0.4) is 0 Å². The molecular weight excluding hydrogens is 380 g/mol. The summed E-state index contributed by atoms with van der Waals surface area (Å²) in [6, 6.07) is 13.4. The number of amides is 1. The number of aromatic nitrogens is 1. The molecule has 0 saturated carbocycles. The van der Waals surface area contributed by atoms with Gasteiger partial charge in [-0.15, -0.1) is 0 Å². The second kappa shape index (κ2) is 6.00. The van der Waals surface area contributed by atoms with Crippen molar-refractivity contribution in [3.63, 3.8) is 0 Å². The highest BCUT2D eigenvalue weighted by atomic mass is 79.9. The fraction of sp³-hybridized carbons (Fsp3) is 0.250. The highest BCUT2D eigenvalue weighted by molar-refractivity contribution is 9.10. The first-order valence-corrected chi connectivity index (χ1v) is 9.27. The van der Waals surface area contributed by atoms with Crippen LogP contribution >= 0.6 is 15.9 Å². The van der Waals surface area contributed by atoms with Gasteiger partial charge >= 0.3 is 0 Å². The maximum Gasteiger partial charge on any atom is 0.268 e. The number of halogens is 1. The van der Waals surface area contributed by atoms with Crippen LogP contribution in [0, 0.1) is 0 Å². The zero-order valence-corrected chi connectivity index (χ0v) is 15.5. The van der Waals surface area contributed by atoms with Crippen molar-refractivity contribution in [3.8, 4) is 0 Å². The molecule has 1 aliphatic heterocycles. The van der Waals surface area contributed by atoms with E-state index < -0.39 is 5.60 Å². The van der Waals surface area contributed by atoms with Gasteiger partial charge in [0.1, 0.15) is 0 Å². The van der Waals surface area contributed by atoms with Crippen molar-refractivity contribution >= 4 is 38.4 Å². The lowest BCUT2D eigenvalue weighted by Gasteiger charge is -2.23. The summed E-state index contributed by atoms with van der Waals surface area (Å²) in [5.74, 6) is -0.279. The number of hydrogen-bond donors (Lipinski definition) is 2. The fourth-order valence-electron chi connectivity index (χ4n) is 3.62. The molecule has 2 aromatic carbocycles. The highest BCUT2D eigenvalue weighted by Crippen LogP contribution is 2.47. The molecule has 0 fully saturated rings. The summed E-state index contributed by atoms with van der Waals surface area (Å²) in [5.41, 5.74) is 1.25. The zero-order valence-electron chi connectivity index (χ0n) is 13.9. The Bertz CT molecular complexity index is 965. The van der Waals surface area contributed by atoms with Gasteiger partial charge in [-0.1, -0.05) is 47.5 Å². The largest absolute Gasteiger partial charge is 0.372 e. The lowest BCUT2D eigenvalue weighted by atomic mass is 9.87. The molecule has 2 N–H and O–H groups in total. The second-order valence-corrected chi connectivity index (χ2v) is 7.35. The lowest BCUT2D eigenvalue weighted by molar-refractivity contribution is -0.132. The molecule has 1 amide bonds. The van der Waals surface area contributed by atoms with Crippen LogP contribution in [0.15, 0.2) is 53.1 Å². The molecule has 0 saturated heterocycles. The van der Waals surface area contributed by atoms with E-state index in [0.29, 0.717) is 17.7 Å². The summed E-state index contributed by atoms with van der Waals surface area (Å²) in [6.07, 6.45) is 3.63. The number of hydrogen-bond acceptors (Lipinski definition) is 2. The molecule has 1 aromatic heterocycles. The van der Waals surface area contributed by atoms with Crippen molar-refractivity contribution in [2.75, 3.05) is 11.4 Å². The molecule has 0 spiro atoms. The molecule has 0 unspecified atom stereocenters. The molecule has 1 aliphatic rings. The minimum Gasteiger partial charge on any atom is -0.372 e. The molecule has 4 rings (SSSR count). The zero-order chi connectivity index (χ0) is 17.6. The number of rotatable bonds is 4. The van der Waals surface area contributed by atoms with Crippen molar-refractivity contribution in [3.05, 3.63) is 64.3 Å². The molecule has 2 heterocycles. The van der Waals surface area contributed by atoms with Crippen molar-refractivity contribution < 1.29 is 9.90 Å². The minimum atomic E-state index is -1.67. The summed E-state index contributed by atoms with van der Waals surface area (Å²) in [5, 5.41) is 12.5. The fourth-order valence-corrected chi connectivity index (χ4v) is 3.98. The SMILES string of the molecule is CCCCN1C(=O)[C@@](O)(c2c[nH]c3ccccc23)c2cc(Br)ccc21. The van der Waals surface area contributed by atoms with Crippen LogP contribution < -0.4 is 4.90 Å². The second-order valence-electron chi connectivity index (χ2n) is 6.43. The Kier molecular flexibility index (Phi) is 3.93. The number of aliphatic hydroxyl groups is 1. The number of anilines is 1. The number of unbranched alkanes of at least 4 members (excludes halogenated alkanes) is 1. The van der Waals surface area contributed by atoms with Gasteiger partial charge in [-0.05, 0) is 30.7 Å². The number of nitrogens with one attached hydrogen (secondary N) is 1. The van der Waals surface area contributed by atoms with Gasteiger partial charge in [0.2, 0.25) is 0 Å². The number of benzene rings is 2. The number of para-hydroxylation sites is 1. The van der Waals surface area contributed by atoms with Crippen LogP contribution in [0.25, 0.3) is 10.9 Å². The van der Waals surface area contributed by atoms with Crippen LogP contribution in [-0.4, -0.2) is 22.5 Å². The Balaban J connectivity index is 1.94. The van der Waals surface area contributed by atoms with E-state index in [1.165, 1.54) is 0 Å². The third-order valence-electron chi connectivity index (χ3n) is 4.91. The molecule has 0 aliphatic carbocycles. The van der Waals surface area contributed by atoms with Crippen molar-refractivity contribution in [2.45, 2.75) is 25.4 Å². The van der Waals surface area contributed by atoms with Crippen LogP contribution in [0.5, 0.6) is 0 Å². The van der Waals surface area contributed by atoms with Gasteiger partial charge in [0, 0.05) is 39.2 Å². The lowest BCUT2D eigenvalue weighted by Crippen LogP contribution is -2.41. The van der Waals surface area contributed by atoms with E-state index in [1.54, 1.807) is 11.1 Å². The average molecular weight is 399 g/mol. The molecule has 128 valence electrons. The third kappa shape index (κ3) is 2.34. The van der Waals surface area contributed by atoms with E-state index >= 15 is 0 Å². The molecular formula is C20H19BrN2O2. The van der Waals surface area contributed by atoms with E-state index in [1.807, 2.05) is 42.5 Å². The van der Waals surface area contributed by atoms with E-state index in [9.17, 15) is 9.90 Å². The van der Waals surface area contributed by atoms with Gasteiger partial charge in [-0.3, -0.25) is 4.79 Å². The predicted octanol–water partition coefficient (Wildman–Crippen LogP) is 4.31. The molecule has 0 bridgehead atoms. The highest BCUT2D eigenvalue weighted by Gasteiger charge is 2.52. The monoisotopic (exact) mass is 398 g/mol. The maximum atomic E-state index is 13.3. The number of fused-ring (bicyclic) bond motifs is 2. The molecule has 0 radical (unpaired) electrons. The van der Waals surface area contributed by atoms with E-state index in [4.69, 9.17) is 0 Å². The van der Waals surface area contributed by atoms with Gasteiger partial charge in [0.15, 0.2) is 5.60 Å².